The van der Waals surface area contributed by atoms with Crippen LogP contribution in [0, 0.1) is 0 Å². The van der Waals surface area contributed by atoms with Gasteiger partial charge in [0.15, 0.2) is 0 Å². The van der Waals surface area contributed by atoms with Crippen molar-refractivity contribution in [2.45, 2.75) is 17.9 Å². The van der Waals surface area contributed by atoms with Gasteiger partial charge in [0.1, 0.15) is 11.0 Å². The van der Waals surface area contributed by atoms with Crippen LogP contribution in [-0.4, -0.2) is 30.4 Å². The number of hydrogen-bond donors (Lipinski definition) is 2. The number of nitrogens with two attached hydrogens (primary N) is 1. The van der Waals surface area contributed by atoms with E-state index in [0.29, 0.717) is 4.99 Å². The number of thioether (sulfide) groups is 1. The van der Waals surface area contributed by atoms with Crippen molar-refractivity contribution in [1.82, 2.24) is 0 Å². The lowest BCUT2D eigenvalue weighted by atomic mass is 10.1. The van der Waals surface area contributed by atoms with Gasteiger partial charge in [0.25, 0.3) is 0 Å². The van der Waals surface area contributed by atoms with Gasteiger partial charge in [-0.1, -0.05) is 18.3 Å². The highest BCUT2D eigenvalue weighted by Gasteiger charge is 2.16. The van der Waals surface area contributed by atoms with E-state index in [1.165, 1.54) is 7.11 Å². The van der Waals surface area contributed by atoms with Crippen LogP contribution >= 0.6 is 24.0 Å². The van der Waals surface area contributed by atoms with Crippen LogP contribution in [0.5, 0.6) is 0 Å². The number of anilines is 1. The predicted molar refractivity (Wildman–Crippen MR) is 79.2 cm³/mol. The number of carbonyl (C=O) groups is 1. The summed E-state index contributed by atoms with van der Waals surface area (Å²) in [6.07, 6.45) is 1.95. The molecular formula is C12H16N2O2S2. The molecule has 1 atom stereocenters. The van der Waals surface area contributed by atoms with Crippen molar-refractivity contribution in [3.05, 3.63) is 23.8 Å². The van der Waals surface area contributed by atoms with E-state index in [-0.39, 0.29) is 5.97 Å². The average Bonchev–Trinajstić information content (AvgIpc) is 2.36. The number of thiocarbonyl (C=S) groups is 1. The summed E-state index contributed by atoms with van der Waals surface area (Å²) < 4.78 is 4.67. The number of ether oxygens (including phenoxy) is 1. The van der Waals surface area contributed by atoms with Crippen molar-refractivity contribution < 1.29 is 9.53 Å². The Hall–Kier alpha value is -1.27. The normalized spacial score (nSPS) is 11.7. The summed E-state index contributed by atoms with van der Waals surface area (Å²) in [5, 5.41) is 3.06. The number of hydrogen-bond acceptors (Lipinski definition) is 5. The highest BCUT2D eigenvalue weighted by Crippen LogP contribution is 2.27. The molecule has 98 valence electrons. The number of esters is 1. The van der Waals surface area contributed by atoms with Crippen LogP contribution in [0.4, 0.5) is 5.69 Å². The van der Waals surface area contributed by atoms with Crippen molar-refractivity contribution in [1.29, 1.82) is 0 Å². The fraction of sp³-hybridized carbons (Fsp3) is 0.333. The third-order valence-electron chi connectivity index (χ3n) is 2.42. The molecule has 0 saturated heterocycles. The first-order chi connectivity index (χ1) is 8.51. The van der Waals surface area contributed by atoms with Crippen LogP contribution in [0.3, 0.4) is 0 Å². The van der Waals surface area contributed by atoms with Gasteiger partial charge in [0, 0.05) is 16.1 Å². The van der Waals surface area contributed by atoms with E-state index in [4.69, 9.17) is 18.0 Å². The molecule has 0 aliphatic carbocycles. The molecular weight excluding hydrogens is 268 g/mol. The summed E-state index contributed by atoms with van der Waals surface area (Å²) in [6.45, 7) is 1.72. The van der Waals surface area contributed by atoms with Gasteiger partial charge >= 0.3 is 5.97 Å². The van der Waals surface area contributed by atoms with Crippen molar-refractivity contribution in [2.24, 2.45) is 5.73 Å². The molecule has 1 aromatic carbocycles. The van der Waals surface area contributed by atoms with Crippen LogP contribution in [0.1, 0.15) is 12.5 Å². The molecule has 4 nitrogen and oxygen atoms in total. The third kappa shape index (κ3) is 3.36. The molecule has 0 aromatic heterocycles. The SMILES string of the molecule is COC(=O)C(C)Nc1cccc(SC)c1C(N)=S. The molecule has 3 N–H and O–H groups in total. The van der Waals surface area contributed by atoms with Crippen molar-refractivity contribution in [3.8, 4) is 0 Å². The molecule has 0 amide bonds. The molecule has 0 heterocycles. The zero-order valence-electron chi connectivity index (χ0n) is 10.5. The second-order valence-corrected chi connectivity index (χ2v) is 4.92. The van der Waals surface area contributed by atoms with Gasteiger partial charge in [-0.15, -0.1) is 11.8 Å². The minimum Gasteiger partial charge on any atom is -0.467 e. The molecule has 1 unspecified atom stereocenters. The van der Waals surface area contributed by atoms with Gasteiger partial charge in [-0.25, -0.2) is 4.79 Å². The van der Waals surface area contributed by atoms with Crippen molar-refractivity contribution in [2.75, 3.05) is 18.7 Å². The fourth-order valence-corrected chi connectivity index (χ4v) is 2.47. The first-order valence-corrected chi connectivity index (χ1v) is 6.95. The predicted octanol–water partition coefficient (Wildman–Crippen LogP) is 2.02. The van der Waals surface area contributed by atoms with Crippen LogP contribution in [0.2, 0.25) is 0 Å². The second kappa shape index (κ2) is 6.61. The Labute approximate surface area is 116 Å². The molecule has 0 aliphatic heterocycles. The summed E-state index contributed by atoms with van der Waals surface area (Å²) >= 11 is 6.61. The van der Waals surface area contributed by atoms with Crippen LogP contribution in [0.25, 0.3) is 0 Å². The smallest absolute Gasteiger partial charge is 0.327 e. The van der Waals surface area contributed by atoms with Crippen LogP contribution < -0.4 is 11.1 Å². The average molecular weight is 284 g/mol. The first kappa shape index (κ1) is 14.8. The molecule has 1 rings (SSSR count). The lowest BCUT2D eigenvalue weighted by Gasteiger charge is -2.17. The zero-order chi connectivity index (χ0) is 13.7. The maximum atomic E-state index is 11.4. The number of benzene rings is 1. The van der Waals surface area contributed by atoms with Gasteiger partial charge in [-0.2, -0.15) is 0 Å². The Bertz CT molecular complexity index is 463. The maximum Gasteiger partial charge on any atom is 0.327 e. The monoisotopic (exact) mass is 284 g/mol. The highest BCUT2D eigenvalue weighted by atomic mass is 32.2. The lowest BCUT2D eigenvalue weighted by Crippen LogP contribution is -2.28. The zero-order valence-corrected chi connectivity index (χ0v) is 12.2. The van der Waals surface area contributed by atoms with Gasteiger partial charge in [0.05, 0.1) is 7.11 Å². The van der Waals surface area contributed by atoms with E-state index in [0.717, 1.165) is 16.1 Å². The van der Waals surface area contributed by atoms with Gasteiger partial charge in [-0.05, 0) is 25.3 Å². The molecule has 0 saturated carbocycles. The first-order valence-electron chi connectivity index (χ1n) is 5.32. The highest BCUT2D eigenvalue weighted by molar-refractivity contribution is 7.98. The molecule has 0 fully saturated rings. The number of methoxy groups -OCH3 is 1. The minimum atomic E-state index is -0.458. The molecule has 0 bridgehead atoms. The van der Waals surface area contributed by atoms with E-state index >= 15 is 0 Å². The Morgan fingerprint density at radius 2 is 2.22 bits per heavy atom. The fourth-order valence-electron chi connectivity index (χ4n) is 1.54. The van der Waals surface area contributed by atoms with Gasteiger partial charge in [-0.3, -0.25) is 0 Å². The van der Waals surface area contributed by atoms with Gasteiger partial charge in [0.2, 0.25) is 0 Å². The van der Waals surface area contributed by atoms with Crippen molar-refractivity contribution >= 4 is 40.6 Å². The Morgan fingerprint density at radius 1 is 1.56 bits per heavy atom. The van der Waals surface area contributed by atoms with E-state index in [1.807, 2.05) is 24.5 Å². The van der Waals surface area contributed by atoms with Crippen LogP contribution in [0.15, 0.2) is 23.1 Å². The molecule has 1 aromatic rings. The van der Waals surface area contributed by atoms with E-state index < -0.39 is 6.04 Å². The van der Waals surface area contributed by atoms with Crippen molar-refractivity contribution in [3.63, 3.8) is 0 Å². The molecule has 0 spiro atoms. The van der Waals surface area contributed by atoms with E-state index in [2.05, 4.69) is 10.1 Å². The molecule has 0 radical (unpaired) electrons. The third-order valence-corrected chi connectivity index (χ3v) is 3.40. The van der Waals surface area contributed by atoms with E-state index in [1.54, 1.807) is 18.7 Å². The summed E-state index contributed by atoms with van der Waals surface area (Å²) in [4.78, 5) is 12.7. The Balaban J connectivity index is 3.09. The summed E-state index contributed by atoms with van der Waals surface area (Å²) in [5.74, 6) is -0.335. The molecule has 6 heteroatoms. The summed E-state index contributed by atoms with van der Waals surface area (Å²) in [6, 6.07) is 5.21. The lowest BCUT2D eigenvalue weighted by molar-refractivity contribution is -0.141. The second-order valence-electron chi connectivity index (χ2n) is 3.64. The molecule has 18 heavy (non-hydrogen) atoms. The number of carbonyl (C=O) groups excluding carboxylic acids is 1. The molecule has 0 aliphatic rings. The Kier molecular flexibility index (Phi) is 5.43. The van der Waals surface area contributed by atoms with E-state index in [9.17, 15) is 4.79 Å². The van der Waals surface area contributed by atoms with Gasteiger partial charge < -0.3 is 15.8 Å². The summed E-state index contributed by atoms with van der Waals surface area (Å²) in [7, 11) is 1.35. The maximum absolute atomic E-state index is 11.4. The standard InChI is InChI=1S/C12H16N2O2S2/c1-7(12(15)16-2)14-8-5-4-6-9(18-3)10(8)11(13)17/h4-7,14H,1-3H3,(H2,13,17). The number of rotatable bonds is 5. The summed E-state index contributed by atoms with van der Waals surface area (Å²) in [5.41, 5.74) is 7.24. The van der Waals surface area contributed by atoms with Crippen LogP contribution in [-0.2, 0) is 9.53 Å². The quantitative estimate of drug-likeness (QED) is 0.490. The topological polar surface area (TPSA) is 64.3 Å². The Morgan fingerprint density at radius 3 is 2.72 bits per heavy atom. The largest absolute Gasteiger partial charge is 0.467 e. The number of nitrogens with one attached hydrogen (secondary N) is 1. The minimum absolute atomic E-state index is 0.305.